The van der Waals surface area contributed by atoms with Gasteiger partial charge in [-0.15, -0.1) is 0 Å². The average molecular weight is 493 g/mol. The van der Waals surface area contributed by atoms with Crippen molar-refractivity contribution in [3.63, 3.8) is 0 Å². The lowest BCUT2D eigenvalue weighted by molar-refractivity contribution is -0.120. The average Bonchev–Trinajstić information content (AvgIpc) is 3.41. The van der Waals surface area contributed by atoms with Crippen LogP contribution < -0.4 is 10.2 Å². The van der Waals surface area contributed by atoms with Crippen LogP contribution in [0.4, 0.5) is 10.5 Å². The van der Waals surface area contributed by atoms with Crippen LogP contribution in [-0.4, -0.2) is 40.3 Å². The maximum atomic E-state index is 13.9. The first-order valence-electron chi connectivity index (χ1n) is 12.7. The molecule has 37 heavy (non-hydrogen) atoms. The Hall–Kier alpha value is -4.39. The van der Waals surface area contributed by atoms with Crippen LogP contribution in [0.1, 0.15) is 52.1 Å². The molecule has 186 valence electrons. The van der Waals surface area contributed by atoms with E-state index in [0.29, 0.717) is 24.2 Å². The molecular weight excluding hydrogens is 464 g/mol. The van der Waals surface area contributed by atoms with Crippen molar-refractivity contribution in [3.05, 3.63) is 101 Å². The molecule has 0 aliphatic carbocycles. The number of fused-ring (bicyclic) bond motifs is 4. The van der Waals surface area contributed by atoms with Crippen LogP contribution in [0.25, 0.3) is 10.9 Å². The molecule has 0 spiro atoms. The molecule has 1 aromatic heterocycles. The zero-order valence-corrected chi connectivity index (χ0v) is 20.8. The number of aromatic nitrogens is 1. The first kappa shape index (κ1) is 23.0. The molecule has 7 heteroatoms. The van der Waals surface area contributed by atoms with Gasteiger partial charge in [-0.3, -0.25) is 14.5 Å². The number of carbonyl (C=O) groups excluding carboxylic acids is 3. The van der Waals surface area contributed by atoms with Crippen LogP contribution in [0.2, 0.25) is 0 Å². The third-order valence-corrected chi connectivity index (χ3v) is 7.37. The van der Waals surface area contributed by atoms with Crippen LogP contribution in [0, 0.1) is 6.92 Å². The lowest BCUT2D eigenvalue weighted by Gasteiger charge is -2.36. The van der Waals surface area contributed by atoms with Crippen molar-refractivity contribution in [1.82, 2.24) is 15.2 Å². The summed E-state index contributed by atoms with van der Waals surface area (Å²) in [5.74, 6) is -0.420. The van der Waals surface area contributed by atoms with E-state index in [0.717, 1.165) is 39.7 Å². The second-order valence-corrected chi connectivity index (χ2v) is 9.76. The largest absolute Gasteiger partial charge is 0.356 e. The fourth-order valence-electron chi connectivity index (χ4n) is 5.51. The fraction of sp³-hybridized carbons (Fsp3) is 0.233. The minimum Gasteiger partial charge on any atom is -0.356 e. The van der Waals surface area contributed by atoms with Gasteiger partial charge < -0.3 is 10.3 Å². The van der Waals surface area contributed by atoms with Crippen LogP contribution in [0.15, 0.2) is 72.8 Å². The van der Waals surface area contributed by atoms with Gasteiger partial charge in [0.15, 0.2) is 0 Å². The monoisotopic (exact) mass is 492 g/mol. The maximum absolute atomic E-state index is 13.9. The number of anilines is 1. The molecule has 0 radical (unpaired) electrons. The molecule has 0 bridgehead atoms. The molecule has 2 atom stereocenters. The normalized spacial score (nSPS) is 18.8. The van der Waals surface area contributed by atoms with Crippen molar-refractivity contribution in [3.8, 4) is 0 Å². The Morgan fingerprint density at radius 3 is 2.46 bits per heavy atom. The summed E-state index contributed by atoms with van der Waals surface area (Å²) >= 11 is 0. The Balaban J connectivity index is 1.41. The lowest BCUT2D eigenvalue weighted by Crippen LogP contribution is -2.44. The van der Waals surface area contributed by atoms with E-state index in [1.807, 2.05) is 56.3 Å². The van der Waals surface area contributed by atoms with Gasteiger partial charge in [-0.05, 0) is 54.8 Å². The van der Waals surface area contributed by atoms with E-state index < -0.39 is 12.1 Å². The molecule has 1 fully saturated rings. The second kappa shape index (κ2) is 8.92. The van der Waals surface area contributed by atoms with E-state index in [-0.39, 0.29) is 17.8 Å². The number of aromatic amines is 1. The zero-order chi connectivity index (χ0) is 25.7. The van der Waals surface area contributed by atoms with E-state index >= 15 is 0 Å². The summed E-state index contributed by atoms with van der Waals surface area (Å²) in [6.07, 6.45) is 1.29. The van der Waals surface area contributed by atoms with Gasteiger partial charge in [0, 0.05) is 35.1 Å². The summed E-state index contributed by atoms with van der Waals surface area (Å²) < 4.78 is 0. The Labute approximate surface area is 215 Å². The molecule has 7 nitrogen and oxygen atoms in total. The quantitative estimate of drug-likeness (QED) is 0.380. The predicted molar refractivity (Wildman–Crippen MR) is 143 cm³/mol. The van der Waals surface area contributed by atoms with Gasteiger partial charge in [-0.1, -0.05) is 55.0 Å². The number of H-pyrrole nitrogens is 1. The van der Waals surface area contributed by atoms with Gasteiger partial charge in [0.1, 0.15) is 12.1 Å². The number of hydrogen-bond acceptors (Lipinski definition) is 3. The third-order valence-electron chi connectivity index (χ3n) is 7.37. The highest BCUT2D eigenvalue weighted by Crippen LogP contribution is 2.44. The zero-order valence-electron chi connectivity index (χ0n) is 20.8. The van der Waals surface area contributed by atoms with E-state index in [9.17, 15) is 14.4 Å². The second-order valence-electron chi connectivity index (χ2n) is 9.76. The molecule has 6 rings (SSSR count). The van der Waals surface area contributed by atoms with E-state index in [2.05, 4.69) is 16.4 Å². The Kier molecular flexibility index (Phi) is 5.56. The Morgan fingerprint density at radius 2 is 1.73 bits per heavy atom. The fourth-order valence-corrected chi connectivity index (χ4v) is 5.51. The molecule has 2 N–H and O–H groups in total. The predicted octanol–water partition coefficient (Wildman–Crippen LogP) is 5.10. The van der Waals surface area contributed by atoms with Crippen molar-refractivity contribution >= 4 is 34.4 Å². The van der Waals surface area contributed by atoms with Crippen molar-refractivity contribution in [2.24, 2.45) is 0 Å². The molecule has 2 aliphatic heterocycles. The number of benzene rings is 3. The number of urea groups is 1. The summed E-state index contributed by atoms with van der Waals surface area (Å²) in [6.45, 7) is 4.61. The Morgan fingerprint density at radius 1 is 1.00 bits per heavy atom. The number of rotatable bonds is 5. The number of para-hydroxylation sites is 1. The number of hydrogen-bond donors (Lipinski definition) is 2. The minimum absolute atomic E-state index is 0.172. The molecule has 4 aromatic rings. The van der Waals surface area contributed by atoms with Crippen molar-refractivity contribution in [2.75, 3.05) is 11.4 Å². The topological polar surface area (TPSA) is 85.5 Å². The number of carbonyl (C=O) groups is 3. The van der Waals surface area contributed by atoms with Gasteiger partial charge in [-0.2, -0.15) is 0 Å². The van der Waals surface area contributed by atoms with Gasteiger partial charge in [-0.25, -0.2) is 9.69 Å². The summed E-state index contributed by atoms with van der Waals surface area (Å²) in [6, 6.07) is 21.5. The number of imide groups is 1. The van der Waals surface area contributed by atoms with Gasteiger partial charge in [0.25, 0.3) is 11.8 Å². The SMILES string of the molecule is CCCNC(=O)c1ccc(N2C(=O)[C@@H]3Cc4c([nH]c5ccccc45)[C@@H](c4ccc(C)cc4)N3C2=O)cc1. The van der Waals surface area contributed by atoms with Gasteiger partial charge in [0.05, 0.1) is 5.69 Å². The van der Waals surface area contributed by atoms with Crippen LogP contribution in [0.3, 0.4) is 0 Å². The van der Waals surface area contributed by atoms with Crippen LogP contribution >= 0.6 is 0 Å². The van der Waals surface area contributed by atoms with Crippen molar-refractivity contribution < 1.29 is 14.4 Å². The Bertz CT molecular complexity index is 1520. The molecular formula is C30H28N4O3. The summed E-state index contributed by atoms with van der Waals surface area (Å²) in [4.78, 5) is 46.6. The first-order chi connectivity index (χ1) is 18.0. The highest BCUT2D eigenvalue weighted by Gasteiger charge is 2.53. The van der Waals surface area contributed by atoms with Gasteiger partial charge >= 0.3 is 6.03 Å². The number of nitrogens with one attached hydrogen (secondary N) is 2. The van der Waals surface area contributed by atoms with Crippen molar-refractivity contribution in [2.45, 2.75) is 38.8 Å². The number of aryl methyl sites for hydroxylation is 1. The molecule has 0 unspecified atom stereocenters. The van der Waals surface area contributed by atoms with Crippen LogP contribution in [-0.2, 0) is 11.2 Å². The van der Waals surface area contributed by atoms with E-state index in [1.54, 1.807) is 29.2 Å². The van der Waals surface area contributed by atoms with Crippen molar-refractivity contribution in [1.29, 1.82) is 0 Å². The smallest absolute Gasteiger partial charge is 0.332 e. The lowest BCUT2D eigenvalue weighted by atomic mass is 9.88. The molecule has 1 saturated heterocycles. The number of amides is 4. The summed E-state index contributed by atoms with van der Waals surface area (Å²) in [5.41, 5.74) is 6.07. The summed E-state index contributed by atoms with van der Waals surface area (Å²) in [7, 11) is 0. The summed E-state index contributed by atoms with van der Waals surface area (Å²) in [5, 5.41) is 3.93. The molecule has 4 amide bonds. The van der Waals surface area contributed by atoms with Crippen LogP contribution in [0.5, 0.6) is 0 Å². The van der Waals surface area contributed by atoms with E-state index in [4.69, 9.17) is 0 Å². The molecule has 0 saturated carbocycles. The number of nitrogens with zero attached hydrogens (tertiary/aromatic N) is 2. The highest BCUT2D eigenvalue weighted by atomic mass is 16.2. The molecule has 3 aromatic carbocycles. The van der Waals surface area contributed by atoms with E-state index in [1.165, 1.54) is 4.90 Å². The third kappa shape index (κ3) is 3.69. The molecule has 3 heterocycles. The highest BCUT2D eigenvalue weighted by molar-refractivity contribution is 6.22. The maximum Gasteiger partial charge on any atom is 0.332 e. The standard InChI is InChI=1S/C30H28N4O3/c1-3-16-31-28(35)20-12-14-21(15-13-20)33-29(36)25-17-23-22-6-4-5-7-24(22)32-26(23)27(34(25)30(33)37)19-10-8-18(2)9-11-19/h4-15,25,27,32H,3,16-17H2,1-2H3,(H,31,35)/t25-,27+/m0/s1. The molecule has 2 aliphatic rings. The van der Waals surface area contributed by atoms with Gasteiger partial charge in [0.2, 0.25) is 0 Å². The minimum atomic E-state index is -0.613. The first-order valence-corrected chi connectivity index (χ1v) is 12.7.